The molecule has 0 atom stereocenters. The van der Waals surface area contributed by atoms with Gasteiger partial charge in [-0.15, -0.1) is 0 Å². The van der Waals surface area contributed by atoms with Crippen molar-refractivity contribution >= 4 is 12.6 Å². The molecule has 2 N–H and O–H groups in total. The van der Waals surface area contributed by atoms with Gasteiger partial charge in [0.25, 0.3) is 0 Å². The van der Waals surface area contributed by atoms with Gasteiger partial charge >= 0.3 is 7.12 Å². The third-order valence-electron chi connectivity index (χ3n) is 2.00. The van der Waals surface area contributed by atoms with Gasteiger partial charge in [-0.2, -0.15) is 0 Å². The van der Waals surface area contributed by atoms with Gasteiger partial charge in [-0.3, -0.25) is 0 Å². The predicted molar refractivity (Wildman–Crippen MR) is 59.9 cm³/mol. The molecular formula is C10H15BO5. The van der Waals surface area contributed by atoms with Crippen molar-refractivity contribution in [2.45, 2.75) is 6.92 Å². The molecule has 5 nitrogen and oxygen atoms in total. The molecule has 0 aliphatic rings. The fourth-order valence-corrected chi connectivity index (χ4v) is 1.18. The number of methoxy groups -OCH3 is 1. The Morgan fingerprint density at radius 3 is 2.62 bits per heavy atom. The zero-order valence-corrected chi connectivity index (χ0v) is 9.34. The summed E-state index contributed by atoms with van der Waals surface area (Å²) in [4.78, 5) is 0. The first kappa shape index (κ1) is 12.8. The van der Waals surface area contributed by atoms with E-state index in [2.05, 4.69) is 0 Å². The van der Waals surface area contributed by atoms with Gasteiger partial charge in [-0.1, -0.05) is 0 Å². The Balaban J connectivity index is 2.81. The van der Waals surface area contributed by atoms with Crippen LogP contribution in [0.3, 0.4) is 0 Å². The maximum absolute atomic E-state index is 9.16. The molecule has 0 radical (unpaired) electrons. The molecule has 0 heterocycles. The van der Waals surface area contributed by atoms with Gasteiger partial charge in [0.05, 0.1) is 7.11 Å². The number of rotatable bonds is 6. The second-order valence-corrected chi connectivity index (χ2v) is 3.03. The Morgan fingerprint density at radius 1 is 1.31 bits per heavy atom. The number of hydrogen-bond donors (Lipinski definition) is 2. The lowest BCUT2D eigenvalue weighted by molar-refractivity contribution is 0.0229. The van der Waals surface area contributed by atoms with E-state index in [0.29, 0.717) is 18.1 Å². The number of benzene rings is 1. The van der Waals surface area contributed by atoms with Gasteiger partial charge in [-0.25, -0.2) is 0 Å². The Bertz CT molecular complexity index is 329. The Hall–Kier alpha value is -1.24. The van der Waals surface area contributed by atoms with Crippen molar-refractivity contribution in [3.05, 3.63) is 18.2 Å². The fraction of sp³-hybridized carbons (Fsp3) is 0.400. The first-order chi connectivity index (χ1) is 7.69. The molecule has 88 valence electrons. The third-order valence-corrected chi connectivity index (χ3v) is 2.00. The van der Waals surface area contributed by atoms with E-state index >= 15 is 0 Å². The van der Waals surface area contributed by atoms with Crippen LogP contribution >= 0.6 is 0 Å². The molecule has 0 aromatic heterocycles. The molecule has 0 spiro atoms. The molecular weight excluding hydrogens is 211 g/mol. The molecule has 1 aromatic rings. The van der Waals surface area contributed by atoms with Crippen LogP contribution in [0.1, 0.15) is 6.92 Å². The molecule has 0 saturated heterocycles. The highest BCUT2D eigenvalue weighted by Crippen LogP contribution is 2.15. The first-order valence-electron chi connectivity index (χ1n) is 4.93. The van der Waals surface area contributed by atoms with E-state index in [-0.39, 0.29) is 12.3 Å². The van der Waals surface area contributed by atoms with Crippen molar-refractivity contribution in [1.29, 1.82) is 0 Å². The van der Waals surface area contributed by atoms with Crippen LogP contribution in [0.15, 0.2) is 18.2 Å². The van der Waals surface area contributed by atoms with Crippen LogP contribution in [-0.2, 0) is 4.74 Å². The van der Waals surface area contributed by atoms with E-state index < -0.39 is 7.12 Å². The van der Waals surface area contributed by atoms with Crippen LogP contribution in [0.25, 0.3) is 0 Å². The minimum Gasteiger partial charge on any atom is -0.497 e. The predicted octanol–water partition coefficient (Wildman–Crippen LogP) is -0.252. The van der Waals surface area contributed by atoms with Crippen molar-refractivity contribution < 1.29 is 24.3 Å². The maximum Gasteiger partial charge on any atom is 0.492 e. The van der Waals surface area contributed by atoms with Gasteiger partial charge in [0.15, 0.2) is 6.79 Å². The summed E-state index contributed by atoms with van der Waals surface area (Å²) in [6.07, 6.45) is 0. The average Bonchev–Trinajstić information content (AvgIpc) is 2.29. The minimum absolute atomic E-state index is 0.0720. The summed E-state index contributed by atoms with van der Waals surface area (Å²) in [7, 11) is -0.101. The first-order valence-corrected chi connectivity index (χ1v) is 4.93. The second kappa shape index (κ2) is 6.37. The zero-order chi connectivity index (χ0) is 12.0. The summed E-state index contributed by atoms with van der Waals surface area (Å²) in [5.41, 5.74) is 0.249. The molecule has 1 aromatic carbocycles. The molecule has 0 saturated carbocycles. The van der Waals surface area contributed by atoms with Crippen LogP contribution < -0.4 is 14.9 Å². The summed E-state index contributed by atoms with van der Waals surface area (Å²) in [5.74, 6) is 0.899. The van der Waals surface area contributed by atoms with E-state index in [1.54, 1.807) is 12.1 Å². The van der Waals surface area contributed by atoms with Gasteiger partial charge in [-0.05, 0) is 25.1 Å². The SMILES string of the molecule is CCOCOc1ccc(OC)cc1B(O)O. The van der Waals surface area contributed by atoms with Gasteiger partial charge in [0.1, 0.15) is 11.5 Å². The number of ether oxygens (including phenoxy) is 3. The molecule has 1 rings (SSSR count). The highest BCUT2D eigenvalue weighted by atomic mass is 16.7. The van der Waals surface area contributed by atoms with E-state index in [1.807, 2.05) is 6.92 Å². The maximum atomic E-state index is 9.16. The third kappa shape index (κ3) is 3.41. The quantitative estimate of drug-likeness (QED) is 0.397. The second-order valence-electron chi connectivity index (χ2n) is 3.03. The van der Waals surface area contributed by atoms with Crippen LogP contribution in [0.5, 0.6) is 11.5 Å². The van der Waals surface area contributed by atoms with Crippen LogP contribution in [0, 0.1) is 0 Å². The Labute approximate surface area is 94.7 Å². The smallest absolute Gasteiger partial charge is 0.492 e. The van der Waals surface area contributed by atoms with E-state index in [1.165, 1.54) is 13.2 Å². The lowest BCUT2D eigenvalue weighted by Crippen LogP contribution is -2.31. The normalized spacial score (nSPS) is 10.0. The van der Waals surface area contributed by atoms with Crippen molar-refractivity contribution in [2.24, 2.45) is 0 Å². The van der Waals surface area contributed by atoms with E-state index in [4.69, 9.17) is 24.3 Å². The fourth-order valence-electron chi connectivity index (χ4n) is 1.18. The molecule has 0 aliphatic carbocycles. The van der Waals surface area contributed by atoms with Crippen LogP contribution in [-0.4, -0.2) is 37.7 Å². The van der Waals surface area contributed by atoms with Crippen molar-refractivity contribution in [1.82, 2.24) is 0 Å². The lowest BCUT2D eigenvalue weighted by atomic mass is 9.79. The number of hydrogen-bond acceptors (Lipinski definition) is 5. The monoisotopic (exact) mass is 226 g/mol. The molecule has 0 amide bonds. The summed E-state index contributed by atoms with van der Waals surface area (Å²) in [6, 6.07) is 4.78. The summed E-state index contributed by atoms with van der Waals surface area (Å²) < 4.78 is 15.2. The summed E-state index contributed by atoms with van der Waals surface area (Å²) >= 11 is 0. The Morgan fingerprint density at radius 2 is 2.06 bits per heavy atom. The van der Waals surface area contributed by atoms with Crippen molar-refractivity contribution in [3.63, 3.8) is 0 Å². The molecule has 0 bridgehead atoms. The minimum atomic E-state index is -1.60. The summed E-state index contributed by atoms with van der Waals surface area (Å²) in [5, 5.41) is 18.3. The van der Waals surface area contributed by atoms with Gasteiger partial charge in [0.2, 0.25) is 0 Å². The molecule has 6 heteroatoms. The van der Waals surface area contributed by atoms with Crippen LogP contribution in [0.4, 0.5) is 0 Å². The van der Waals surface area contributed by atoms with Gasteiger partial charge < -0.3 is 24.3 Å². The van der Waals surface area contributed by atoms with Gasteiger partial charge in [0, 0.05) is 12.1 Å². The average molecular weight is 226 g/mol. The lowest BCUT2D eigenvalue weighted by Gasteiger charge is -2.12. The molecule has 0 fully saturated rings. The molecule has 0 unspecified atom stereocenters. The standard InChI is InChI=1S/C10H15BO5/c1-3-15-7-16-10-5-4-8(14-2)6-9(10)11(12)13/h4-6,12-13H,3,7H2,1-2H3. The van der Waals surface area contributed by atoms with Crippen LogP contribution in [0.2, 0.25) is 0 Å². The largest absolute Gasteiger partial charge is 0.497 e. The zero-order valence-electron chi connectivity index (χ0n) is 9.34. The van der Waals surface area contributed by atoms with E-state index in [0.717, 1.165) is 0 Å². The van der Waals surface area contributed by atoms with Crippen molar-refractivity contribution in [3.8, 4) is 11.5 Å². The summed E-state index contributed by atoms with van der Waals surface area (Å²) in [6.45, 7) is 2.45. The van der Waals surface area contributed by atoms with E-state index in [9.17, 15) is 0 Å². The Kier molecular flexibility index (Phi) is 5.11. The van der Waals surface area contributed by atoms with Crippen molar-refractivity contribution in [2.75, 3.05) is 20.5 Å². The molecule has 16 heavy (non-hydrogen) atoms. The highest BCUT2D eigenvalue weighted by Gasteiger charge is 2.18. The molecule has 0 aliphatic heterocycles. The topological polar surface area (TPSA) is 68.2 Å². The highest BCUT2D eigenvalue weighted by molar-refractivity contribution is 6.59.